The predicted molar refractivity (Wildman–Crippen MR) is 65.5 cm³/mol. The minimum atomic E-state index is 0.0275. The maximum Gasteiger partial charge on any atom is 0.0784 e. The molecule has 0 saturated heterocycles. The Bertz CT molecular complexity index is 209. The van der Waals surface area contributed by atoms with E-state index in [4.69, 9.17) is 18.0 Å². The van der Waals surface area contributed by atoms with Crippen molar-refractivity contribution in [2.24, 2.45) is 11.1 Å². The van der Waals surface area contributed by atoms with Gasteiger partial charge >= 0.3 is 0 Å². The fourth-order valence-electron chi connectivity index (χ4n) is 1.59. The summed E-state index contributed by atoms with van der Waals surface area (Å²) in [5, 5.41) is 0. The van der Waals surface area contributed by atoms with Crippen molar-refractivity contribution in [3.63, 3.8) is 0 Å². The summed E-state index contributed by atoms with van der Waals surface area (Å²) in [5.74, 6) is 0. The molecule has 1 aliphatic rings. The van der Waals surface area contributed by atoms with Gasteiger partial charge in [-0.3, -0.25) is 0 Å². The fourth-order valence-corrected chi connectivity index (χ4v) is 1.69. The molecular weight excluding hydrogens is 192 g/mol. The second-order valence-electron chi connectivity index (χ2n) is 5.06. The molecule has 0 bridgehead atoms. The molecule has 1 aliphatic carbocycles. The van der Waals surface area contributed by atoms with Crippen LogP contribution in [0.4, 0.5) is 0 Å². The van der Waals surface area contributed by atoms with Gasteiger partial charge in [-0.15, -0.1) is 0 Å². The zero-order chi connectivity index (χ0) is 10.8. The van der Waals surface area contributed by atoms with Crippen LogP contribution < -0.4 is 5.73 Å². The number of rotatable bonds is 6. The maximum atomic E-state index is 5.68. The number of thiocarbonyl (C=S) groups is 1. The highest BCUT2D eigenvalue weighted by Gasteiger charge is 2.26. The van der Waals surface area contributed by atoms with Crippen LogP contribution in [0.2, 0.25) is 0 Å². The van der Waals surface area contributed by atoms with E-state index in [-0.39, 0.29) is 5.41 Å². The highest BCUT2D eigenvalue weighted by atomic mass is 32.1. The second kappa shape index (κ2) is 4.58. The van der Waals surface area contributed by atoms with Crippen molar-refractivity contribution in [2.45, 2.75) is 45.6 Å². The Balaban J connectivity index is 2.16. The number of nitrogens with zero attached hydrogens (tertiary/aromatic N) is 1. The highest BCUT2D eigenvalue weighted by Crippen LogP contribution is 2.27. The summed E-state index contributed by atoms with van der Waals surface area (Å²) in [5.41, 5.74) is 5.70. The minimum Gasteiger partial charge on any atom is -0.393 e. The standard InChI is InChI=1S/C11H22N2S/c1-11(2,10(12)14)7-4-8-13(3)9-5-6-9/h9H,4-8H2,1-3H3,(H2,12,14). The molecule has 0 unspecified atom stereocenters. The largest absolute Gasteiger partial charge is 0.393 e. The monoisotopic (exact) mass is 214 g/mol. The van der Waals surface area contributed by atoms with Gasteiger partial charge in [-0.2, -0.15) is 0 Å². The topological polar surface area (TPSA) is 29.3 Å². The first kappa shape index (κ1) is 11.9. The first-order valence-corrected chi connectivity index (χ1v) is 5.84. The molecule has 2 N–H and O–H groups in total. The molecule has 0 aromatic carbocycles. The Morgan fingerprint density at radius 1 is 1.50 bits per heavy atom. The molecule has 1 rings (SSSR count). The summed E-state index contributed by atoms with van der Waals surface area (Å²) in [6.45, 7) is 5.44. The molecule has 2 nitrogen and oxygen atoms in total. The van der Waals surface area contributed by atoms with Crippen molar-refractivity contribution in [3.05, 3.63) is 0 Å². The van der Waals surface area contributed by atoms with Crippen LogP contribution in [0.5, 0.6) is 0 Å². The third-order valence-corrected chi connectivity index (χ3v) is 3.70. The molecule has 14 heavy (non-hydrogen) atoms. The molecule has 0 radical (unpaired) electrons. The molecule has 0 aliphatic heterocycles. The summed E-state index contributed by atoms with van der Waals surface area (Å²) in [6.07, 6.45) is 5.06. The van der Waals surface area contributed by atoms with Crippen LogP contribution in [-0.4, -0.2) is 29.5 Å². The molecule has 0 amide bonds. The van der Waals surface area contributed by atoms with Crippen LogP contribution in [0, 0.1) is 5.41 Å². The zero-order valence-corrected chi connectivity index (χ0v) is 10.4. The van der Waals surface area contributed by atoms with Gasteiger partial charge in [0.1, 0.15) is 0 Å². The van der Waals surface area contributed by atoms with E-state index in [9.17, 15) is 0 Å². The predicted octanol–water partition coefficient (Wildman–Crippen LogP) is 2.17. The summed E-state index contributed by atoms with van der Waals surface area (Å²) >= 11 is 5.04. The summed E-state index contributed by atoms with van der Waals surface area (Å²) in [6, 6.07) is 0.864. The van der Waals surface area contributed by atoms with Crippen LogP contribution >= 0.6 is 12.2 Å². The van der Waals surface area contributed by atoms with Crippen LogP contribution in [0.25, 0.3) is 0 Å². The van der Waals surface area contributed by atoms with Crippen molar-refractivity contribution < 1.29 is 0 Å². The van der Waals surface area contributed by atoms with Crippen molar-refractivity contribution in [3.8, 4) is 0 Å². The summed E-state index contributed by atoms with van der Waals surface area (Å²) in [7, 11) is 2.21. The van der Waals surface area contributed by atoms with Gasteiger partial charge in [-0.05, 0) is 39.3 Å². The molecule has 0 aromatic rings. The van der Waals surface area contributed by atoms with Gasteiger partial charge in [0.2, 0.25) is 0 Å². The highest BCUT2D eigenvalue weighted by molar-refractivity contribution is 7.80. The SMILES string of the molecule is CN(CCCC(C)(C)C(N)=S)C1CC1. The molecular formula is C11H22N2S. The lowest BCUT2D eigenvalue weighted by Crippen LogP contribution is -2.31. The summed E-state index contributed by atoms with van der Waals surface area (Å²) in [4.78, 5) is 3.10. The average Bonchev–Trinajstić information content (AvgIpc) is 2.85. The zero-order valence-electron chi connectivity index (χ0n) is 9.55. The van der Waals surface area contributed by atoms with Crippen LogP contribution in [0.1, 0.15) is 39.5 Å². The minimum absolute atomic E-state index is 0.0275. The van der Waals surface area contributed by atoms with E-state index in [1.807, 2.05) is 0 Å². The molecule has 1 fully saturated rings. The van der Waals surface area contributed by atoms with E-state index in [0.717, 1.165) is 12.5 Å². The first-order chi connectivity index (χ1) is 6.43. The van der Waals surface area contributed by atoms with Gasteiger partial charge in [0.05, 0.1) is 4.99 Å². The van der Waals surface area contributed by atoms with E-state index >= 15 is 0 Å². The van der Waals surface area contributed by atoms with E-state index in [2.05, 4.69) is 25.8 Å². The van der Waals surface area contributed by atoms with Crippen molar-refractivity contribution in [1.82, 2.24) is 4.90 Å². The third kappa shape index (κ3) is 3.54. The van der Waals surface area contributed by atoms with E-state index in [1.165, 1.54) is 25.8 Å². The first-order valence-electron chi connectivity index (χ1n) is 5.43. The van der Waals surface area contributed by atoms with Gasteiger partial charge in [0, 0.05) is 11.5 Å². The van der Waals surface area contributed by atoms with Crippen LogP contribution in [-0.2, 0) is 0 Å². The van der Waals surface area contributed by atoms with Gasteiger partial charge in [-0.1, -0.05) is 26.1 Å². The van der Waals surface area contributed by atoms with Gasteiger partial charge in [0.15, 0.2) is 0 Å². The Labute approximate surface area is 92.8 Å². The number of hydrogen-bond acceptors (Lipinski definition) is 2. The molecule has 0 aromatic heterocycles. The van der Waals surface area contributed by atoms with E-state index in [1.54, 1.807) is 0 Å². The van der Waals surface area contributed by atoms with Crippen molar-refractivity contribution in [2.75, 3.05) is 13.6 Å². The second-order valence-corrected chi connectivity index (χ2v) is 5.50. The maximum absolute atomic E-state index is 5.68. The van der Waals surface area contributed by atoms with Crippen LogP contribution in [0.3, 0.4) is 0 Å². The number of hydrogen-bond donors (Lipinski definition) is 1. The molecule has 0 spiro atoms. The Morgan fingerprint density at radius 2 is 2.07 bits per heavy atom. The molecule has 0 heterocycles. The smallest absolute Gasteiger partial charge is 0.0784 e. The Morgan fingerprint density at radius 3 is 2.50 bits per heavy atom. The lowest BCUT2D eigenvalue weighted by atomic mass is 9.88. The Kier molecular flexibility index (Phi) is 3.90. The average molecular weight is 214 g/mol. The summed E-state index contributed by atoms with van der Waals surface area (Å²) < 4.78 is 0. The number of nitrogens with two attached hydrogens (primary N) is 1. The molecule has 82 valence electrons. The van der Waals surface area contributed by atoms with Gasteiger partial charge in [0.25, 0.3) is 0 Å². The van der Waals surface area contributed by atoms with Crippen LogP contribution in [0.15, 0.2) is 0 Å². The van der Waals surface area contributed by atoms with E-state index < -0.39 is 0 Å². The lowest BCUT2D eigenvalue weighted by molar-refractivity contribution is 0.299. The van der Waals surface area contributed by atoms with Gasteiger partial charge < -0.3 is 10.6 Å². The van der Waals surface area contributed by atoms with Crippen molar-refractivity contribution >= 4 is 17.2 Å². The lowest BCUT2D eigenvalue weighted by Gasteiger charge is -2.24. The normalized spacial score (nSPS) is 17.4. The van der Waals surface area contributed by atoms with Gasteiger partial charge in [-0.25, -0.2) is 0 Å². The fraction of sp³-hybridized carbons (Fsp3) is 0.909. The molecule has 0 atom stereocenters. The quantitative estimate of drug-likeness (QED) is 0.687. The van der Waals surface area contributed by atoms with Crippen molar-refractivity contribution in [1.29, 1.82) is 0 Å². The third-order valence-electron chi connectivity index (χ3n) is 3.15. The molecule has 3 heteroatoms. The van der Waals surface area contributed by atoms with E-state index in [0.29, 0.717) is 4.99 Å². The molecule has 1 saturated carbocycles. The Hall–Kier alpha value is -0.150.